The Bertz CT molecular complexity index is 1630. The largest absolute Gasteiger partial charge is 0.364 e. The van der Waals surface area contributed by atoms with Crippen LogP contribution in [0.4, 0.5) is 14.5 Å². The predicted molar refractivity (Wildman–Crippen MR) is 151 cm³/mol. The highest BCUT2D eigenvalue weighted by Crippen LogP contribution is 2.46. The third kappa shape index (κ3) is 4.54. The molecule has 40 heavy (non-hydrogen) atoms. The Morgan fingerprint density at radius 3 is 2.05 bits per heavy atom. The van der Waals surface area contributed by atoms with Crippen LogP contribution in [0.5, 0.6) is 0 Å². The Hall–Kier alpha value is -4.09. The SMILES string of the molecule is C[C@@H]1CN(c2c(C3CC3)c(=O)n(C)c3ccc(C#N)nc23)[C@@H](C)CN1C(c1ccc(F)cc1)c1ccc(F)cc1. The Balaban J connectivity index is 1.45. The van der Waals surface area contributed by atoms with Gasteiger partial charge in [0.25, 0.3) is 5.56 Å². The molecule has 1 saturated heterocycles. The van der Waals surface area contributed by atoms with Gasteiger partial charge in [0.1, 0.15) is 28.9 Å². The number of aryl methyl sites for hydroxylation is 1. The molecule has 204 valence electrons. The van der Waals surface area contributed by atoms with Gasteiger partial charge in [-0.3, -0.25) is 9.69 Å². The summed E-state index contributed by atoms with van der Waals surface area (Å²) in [5.74, 6) is -0.415. The number of hydrogen-bond donors (Lipinski definition) is 0. The van der Waals surface area contributed by atoms with Crippen LogP contribution >= 0.6 is 0 Å². The number of rotatable bonds is 5. The lowest BCUT2D eigenvalue weighted by atomic mass is 9.93. The summed E-state index contributed by atoms with van der Waals surface area (Å²) in [6, 6.07) is 18.5. The molecule has 0 spiro atoms. The van der Waals surface area contributed by atoms with E-state index in [1.165, 1.54) is 24.3 Å². The van der Waals surface area contributed by atoms with Gasteiger partial charge in [-0.25, -0.2) is 13.8 Å². The minimum atomic E-state index is -0.303. The minimum absolute atomic E-state index is 0.0000512. The van der Waals surface area contributed by atoms with Crippen molar-refractivity contribution in [2.24, 2.45) is 7.05 Å². The lowest BCUT2D eigenvalue weighted by molar-refractivity contribution is 0.130. The van der Waals surface area contributed by atoms with Crippen LogP contribution in [-0.4, -0.2) is 39.6 Å². The number of nitriles is 1. The number of piperazine rings is 1. The van der Waals surface area contributed by atoms with Crippen molar-refractivity contribution in [2.45, 2.75) is 50.7 Å². The summed E-state index contributed by atoms with van der Waals surface area (Å²) in [5.41, 5.74) is 5.20. The number of aromatic nitrogens is 2. The van der Waals surface area contributed by atoms with Crippen molar-refractivity contribution in [2.75, 3.05) is 18.0 Å². The van der Waals surface area contributed by atoms with Crippen LogP contribution in [0.2, 0.25) is 0 Å². The van der Waals surface area contributed by atoms with Crippen LogP contribution < -0.4 is 10.5 Å². The van der Waals surface area contributed by atoms with Gasteiger partial charge in [0.15, 0.2) is 0 Å². The molecule has 6 rings (SSSR count). The smallest absolute Gasteiger partial charge is 0.256 e. The van der Waals surface area contributed by atoms with E-state index in [2.05, 4.69) is 29.7 Å². The molecule has 4 aromatic rings. The van der Waals surface area contributed by atoms with Crippen LogP contribution in [0.25, 0.3) is 11.0 Å². The second kappa shape index (κ2) is 10.1. The lowest BCUT2D eigenvalue weighted by Gasteiger charge is -2.49. The fraction of sp³-hybridized carbons (Fsp3) is 0.344. The fourth-order valence-electron chi connectivity index (χ4n) is 6.20. The zero-order valence-corrected chi connectivity index (χ0v) is 22.8. The van der Waals surface area contributed by atoms with E-state index in [4.69, 9.17) is 4.98 Å². The van der Waals surface area contributed by atoms with Gasteiger partial charge in [0, 0.05) is 37.8 Å². The van der Waals surface area contributed by atoms with Crippen molar-refractivity contribution >= 4 is 16.7 Å². The molecule has 2 aromatic carbocycles. The number of nitrogens with zero attached hydrogens (tertiary/aromatic N) is 5. The maximum absolute atomic E-state index is 13.9. The van der Waals surface area contributed by atoms with Gasteiger partial charge in [-0.15, -0.1) is 0 Å². The van der Waals surface area contributed by atoms with Crippen LogP contribution in [0, 0.1) is 23.0 Å². The van der Waals surface area contributed by atoms with Gasteiger partial charge in [-0.1, -0.05) is 24.3 Å². The number of halogens is 2. The summed E-state index contributed by atoms with van der Waals surface area (Å²) in [5, 5.41) is 9.61. The molecule has 2 fully saturated rings. The van der Waals surface area contributed by atoms with Crippen LogP contribution in [0.15, 0.2) is 65.5 Å². The second-order valence-electron chi connectivity index (χ2n) is 11.1. The quantitative estimate of drug-likeness (QED) is 0.328. The average Bonchev–Trinajstić information content (AvgIpc) is 3.79. The standard InChI is InChI=1S/C32H31F2N5O/c1-19-18-39(31-28(21-4-5-21)32(40)37(3)27-15-14-26(16-35)36-29(27)31)20(2)17-38(19)30(22-6-10-24(33)11-7-22)23-8-12-25(34)13-9-23/h6-15,19-21,30H,4-5,17-18H2,1-3H3/t19-,20+/m1/s1. The molecular formula is C32H31F2N5O. The van der Waals surface area contributed by atoms with Crippen molar-refractivity contribution in [3.63, 3.8) is 0 Å². The number of pyridine rings is 2. The van der Waals surface area contributed by atoms with Crippen LogP contribution in [0.3, 0.4) is 0 Å². The maximum Gasteiger partial charge on any atom is 0.256 e. The summed E-state index contributed by atoms with van der Waals surface area (Å²) >= 11 is 0. The Kier molecular flexibility index (Phi) is 6.63. The third-order valence-corrected chi connectivity index (χ3v) is 8.37. The van der Waals surface area contributed by atoms with E-state index in [1.807, 2.05) is 6.07 Å². The van der Waals surface area contributed by atoms with Crippen molar-refractivity contribution in [3.05, 3.63) is 105 Å². The van der Waals surface area contributed by atoms with Gasteiger partial charge in [0.2, 0.25) is 0 Å². The maximum atomic E-state index is 13.9. The molecule has 0 bridgehead atoms. The summed E-state index contributed by atoms with van der Waals surface area (Å²) in [4.78, 5) is 23.0. The molecule has 1 saturated carbocycles. The molecule has 0 unspecified atom stereocenters. The van der Waals surface area contributed by atoms with E-state index < -0.39 is 0 Å². The van der Waals surface area contributed by atoms with Crippen LogP contribution in [0.1, 0.15) is 61.0 Å². The molecule has 0 amide bonds. The first-order valence-corrected chi connectivity index (χ1v) is 13.7. The zero-order chi connectivity index (χ0) is 28.1. The number of benzene rings is 2. The first kappa shape index (κ1) is 26.1. The molecule has 2 aliphatic rings. The minimum Gasteiger partial charge on any atom is -0.364 e. The van der Waals surface area contributed by atoms with Gasteiger partial charge in [-0.05, 0) is 80.1 Å². The van der Waals surface area contributed by atoms with E-state index in [0.29, 0.717) is 29.8 Å². The highest BCUT2D eigenvalue weighted by atomic mass is 19.1. The summed E-state index contributed by atoms with van der Waals surface area (Å²) in [6.07, 6.45) is 1.93. The molecule has 2 atom stereocenters. The molecule has 1 aliphatic carbocycles. The molecule has 6 nitrogen and oxygen atoms in total. The Morgan fingerprint density at radius 2 is 1.50 bits per heavy atom. The zero-order valence-electron chi connectivity index (χ0n) is 22.8. The molecule has 0 N–H and O–H groups in total. The van der Waals surface area contributed by atoms with Crippen molar-refractivity contribution < 1.29 is 8.78 Å². The topological polar surface area (TPSA) is 65.2 Å². The van der Waals surface area contributed by atoms with E-state index in [1.54, 1.807) is 41.9 Å². The first-order chi connectivity index (χ1) is 19.3. The Morgan fingerprint density at radius 1 is 0.900 bits per heavy atom. The summed E-state index contributed by atoms with van der Waals surface area (Å²) in [6.45, 7) is 5.56. The van der Waals surface area contributed by atoms with Crippen molar-refractivity contribution in [1.29, 1.82) is 5.26 Å². The number of hydrogen-bond acceptors (Lipinski definition) is 5. The van der Waals surface area contributed by atoms with Crippen molar-refractivity contribution in [3.8, 4) is 6.07 Å². The highest BCUT2D eigenvalue weighted by Gasteiger charge is 2.39. The average molecular weight is 540 g/mol. The number of anilines is 1. The molecule has 0 radical (unpaired) electrons. The lowest BCUT2D eigenvalue weighted by Crippen LogP contribution is -2.58. The molecule has 1 aliphatic heterocycles. The van der Waals surface area contributed by atoms with E-state index in [9.17, 15) is 18.8 Å². The molecule has 2 aromatic heterocycles. The van der Waals surface area contributed by atoms with Gasteiger partial charge in [-0.2, -0.15) is 5.26 Å². The molecular weight excluding hydrogens is 508 g/mol. The first-order valence-electron chi connectivity index (χ1n) is 13.7. The number of fused-ring (bicyclic) bond motifs is 1. The summed E-state index contributed by atoms with van der Waals surface area (Å²) < 4.78 is 29.4. The normalized spacial score (nSPS) is 19.8. The van der Waals surface area contributed by atoms with E-state index >= 15 is 0 Å². The highest BCUT2D eigenvalue weighted by molar-refractivity contribution is 5.91. The van der Waals surface area contributed by atoms with Gasteiger partial charge in [0.05, 0.1) is 17.2 Å². The second-order valence-corrected chi connectivity index (χ2v) is 11.1. The van der Waals surface area contributed by atoms with Crippen molar-refractivity contribution in [1.82, 2.24) is 14.5 Å². The van der Waals surface area contributed by atoms with Crippen LogP contribution in [-0.2, 0) is 7.05 Å². The molecule has 8 heteroatoms. The third-order valence-electron chi connectivity index (χ3n) is 8.37. The van der Waals surface area contributed by atoms with Gasteiger partial charge >= 0.3 is 0 Å². The van der Waals surface area contributed by atoms with Gasteiger partial charge < -0.3 is 9.47 Å². The Labute approximate surface area is 232 Å². The monoisotopic (exact) mass is 539 g/mol. The van der Waals surface area contributed by atoms with E-state index in [-0.39, 0.29) is 41.2 Å². The predicted octanol–water partition coefficient (Wildman–Crippen LogP) is 5.65. The van der Waals surface area contributed by atoms with E-state index in [0.717, 1.165) is 35.2 Å². The summed E-state index contributed by atoms with van der Waals surface area (Å²) in [7, 11) is 1.77. The fourth-order valence-corrected chi connectivity index (χ4v) is 6.20. The molecule has 3 heterocycles.